The van der Waals surface area contributed by atoms with Gasteiger partial charge in [0.2, 0.25) is 0 Å². The van der Waals surface area contributed by atoms with Gasteiger partial charge in [0.1, 0.15) is 0 Å². The van der Waals surface area contributed by atoms with E-state index in [-0.39, 0.29) is 24.9 Å². The maximum absolute atomic E-state index is 12.4. The lowest BCUT2D eigenvalue weighted by molar-refractivity contribution is -0.136. The van der Waals surface area contributed by atoms with Crippen LogP contribution in [-0.2, 0) is 4.79 Å². The molecule has 192 valence electrons. The van der Waals surface area contributed by atoms with Crippen molar-refractivity contribution < 1.29 is 14.7 Å². The summed E-state index contributed by atoms with van der Waals surface area (Å²) in [5, 5.41) is 18.2. The fraction of sp³-hybridized carbons (Fsp3) is 0.300. The number of hydrogen-bond donors (Lipinski definition) is 2. The number of aryl methyl sites for hydroxylation is 2. The van der Waals surface area contributed by atoms with Gasteiger partial charge in [-0.3, -0.25) is 14.3 Å². The molecule has 0 bridgehead atoms. The lowest BCUT2D eigenvalue weighted by Gasteiger charge is -2.20. The maximum atomic E-state index is 12.4. The number of amides is 1. The van der Waals surface area contributed by atoms with Crippen molar-refractivity contribution in [1.29, 1.82) is 0 Å². The molecule has 0 saturated heterocycles. The van der Waals surface area contributed by atoms with E-state index in [0.29, 0.717) is 11.5 Å². The van der Waals surface area contributed by atoms with Crippen molar-refractivity contribution in [3.63, 3.8) is 0 Å². The van der Waals surface area contributed by atoms with E-state index in [4.69, 9.17) is 21.8 Å². The monoisotopic (exact) mass is 517 g/mol. The number of aromatic nitrogens is 2. The summed E-state index contributed by atoms with van der Waals surface area (Å²) in [7, 11) is 0. The number of carbonyl (C=O) groups is 2. The number of halogens is 1. The Morgan fingerprint density at radius 3 is 2.38 bits per heavy atom. The molecule has 1 atom stereocenters. The number of carbonyl (C=O) groups excluding carboxylic acids is 1. The first-order valence-electron chi connectivity index (χ1n) is 12.5. The molecular weight excluding hydrogens is 486 g/mol. The number of nitrogens with zero attached hydrogens (tertiary/aromatic N) is 2. The smallest absolute Gasteiger partial charge is 0.305 e. The molecule has 1 aromatic heterocycles. The molecule has 0 fully saturated rings. The molecule has 7 heteroatoms. The van der Waals surface area contributed by atoms with Crippen molar-refractivity contribution in [2.45, 2.75) is 46.6 Å². The van der Waals surface area contributed by atoms with Gasteiger partial charge in [-0.1, -0.05) is 49.7 Å². The molecule has 0 saturated carbocycles. The lowest BCUT2D eigenvalue weighted by Crippen LogP contribution is -2.26. The van der Waals surface area contributed by atoms with Crippen LogP contribution in [0.3, 0.4) is 0 Å². The number of benzene rings is 3. The van der Waals surface area contributed by atoms with E-state index in [1.165, 1.54) is 11.1 Å². The number of carboxylic acid groups (broad SMARTS) is 1. The maximum Gasteiger partial charge on any atom is 0.305 e. The first kappa shape index (κ1) is 26.4. The highest BCUT2D eigenvalue weighted by Crippen LogP contribution is 2.34. The standard InChI is InChI=1S/C30H32ClN3O3/c1-18(2)15-28(21-5-7-22(8-6-21)30(37)32-14-13-29(35)36)34-17-26-20(4)25(11-12-27(26)33-34)24-10-9-23(31)16-19(24)3/h5-12,16-18,28H,13-15H2,1-4H3,(H,32,37)(H,35,36). The fourth-order valence-corrected chi connectivity index (χ4v) is 4.94. The number of fused-ring (bicyclic) bond motifs is 1. The average molecular weight is 518 g/mol. The summed E-state index contributed by atoms with van der Waals surface area (Å²) in [5.41, 5.74) is 7.14. The van der Waals surface area contributed by atoms with Crippen molar-refractivity contribution in [3.8, 4) is 11.1 Å². The van der Waals surface area contributed by atoms with E-state index in [0.717, 1.165) is 39.0 Å². The first-order valence-corrected chi connectivity index (χ1v) is 12.9. The Morgan fingerprint density at radius 1 is 1.03 bits per heavy atom. The van der Waals surface area contributed by atoms with E-state index in [1.807, 2.05) is 28.9 Å². The van der Waals surface area contributed by atoms with E-state index in [9.17, 15) is 9.59 Å². The van der Waals surface area contributed by atoms with Crippen LogP contribution in [0.25, 0.3) is 22.0 Å². The molecule has 6 nitrogen and oxygen atoms in total. The molecular formula is C30H32ClN3O3. The summed E-state index contributed by atoms with van der Waals surface area (Å²) >= 11 is 6.18. The Morgan fingerprint density at radius 2 is 1.73 bits per heavy atom. The van der Waals surface area contributed by atoms with Gasteiger partial charge in [0, 0.05) is 28.7 Å². The molecule has 1 amide bonds. The number of aliphatic carboxylic acids is 1. The molecule has 0 aliphatic heterocycles. The Balaban J connectivity index is 1.65. The quantitative estimate of drug-likeness (QED) is 0.255. The van der Waals surface area contributed by atoms with Gasteiger partial charge in [0.15, 0.2) is 0 Å². The molecule has 1 unspecified atom stereocenters. The van der Waals surface area contributed by atoms with Crippen LogP contribution in [0.5, 0.6) is 0 Å². The second-order valence-corrected chi connectivity index (χ2v) is 10.3. The fourth-order valence-electron chi connectivity index (χ4n) is 4.72. The number of carboxylic acids is 1. The van der Waals surface area contributed by atoms with E-state index in [2.05, 4.69) is 57.4 Å². The summed E-state index contributed by atoms with van der Waals surface area (Å²) in [6.07, 6.45) is 2.91. The summed E-state index contributed by atoms with van der Waals surface area (Å²) < 4.78 is 2.04. The molecule has 2 N–H and O–H groups in total. The van der Waals surface area contributed by atoms with Crippen LogP contribution < -0.4 is 5.32 Å². The van der Waals surface area contributed by atoms with Gasteiger partial charge in [-0.15, -0.1) is 0 Å². The van der Waals surface area contributed by atoms with E-state index in [1.54, 1.807) is 12.1 Å². The van der Waals surface area contributed by atoms with Crippen molar-refractivity contribution in [3.05, 3.63) is 88.1 Å². The largest absolute Gasteiger partial charge is 0.481 e. The highest BCUT2D eigenvalue weighted by atomic mass is 35.5. The van der Waals surface area contributed by atoms with Crippen LogP contribution in [0, 0.1) is 19.8 Å². The minimum atomic E-state index is -0.940. The minimum absolute atomic E-state index is 0.0108. The Bertz CT molecular complexity index is 1440. The van der Waals surface area contributed by atoms with Gasteiger partial charge in [0.25, 0.3) is 5.91 Å². The van der Waals surface area contributed by atoms with Crippen LogP contribution in [0.15, 0.2) is 60.8 Å². The summed E-state index contributed by atoms with van der Waals surface area (Å²) in [6.45, 7) is 8.68. The molecule has 37 heavy (non-hydrogen) atoms. The van der Waals surface area contributed by atoms with Gasteiger partial charge in [-0.2, -0.15) is 5.10 Å². The third kappa shape index (κ3) is 6.03. The number of rotatable bonds is 9. The second-order valence-electron chi connectivity index (χ2n) is 9.91. The van der Waals surface area contributed by atoms with Crippen LogP contribution in [0.4, 0.5) is 0 Å². The SMILES string of the molecule is Cc1cc(Cl)ccc1-c1ccc2nn(C(CC(C)C)c3ccc(C(=O)NCCC(=O)O)cc3)cc2c1C. The zero-order valence-electron chi connectivity index (χ0n) is 21.6. The highest BCUT2D eigenvalue weighted by Gasteiger charge is 2.20. The second kappa shape index (κ2) is 11.2. The number of hydrogen-bond acceptors (Lipinski definition) is 3. The van der Waals surface area contributed by atoms with Gasteiger partial charge >= 0.3 is 5.97 Å². The van der Waals surface area contributed by atoms with E-state index >= 15 is 0 Å². The van der Waals surface area contributed by atoms with Crippen LogP contribution >= 0.6 is 11.6 Å². The molecule has 0 spiro atoms. The highest BCUT2D eigenvalue weighted by molar-refractivity contribution is 6.30. The zero-order chi connectivity index (χ0) is 26.7. The summed E-state index contributed by atoms with van der Waals surface area (Å²) in [5.74, 6) is -0.784. The normalized spacial score (nSPS) is 12.2. The third-order valence-corrected chi connectivity index (χ3v) is 6.89. The van der Waals surface area contributed by atoms with Gasteiger partial charge in [-0.25, -0.2) is 0 Å². The van der Waals surface area contributed by atoms with Crippen LogP contribution in [-0.4, -0.2) is 33.3 Å². The Hall–Kier alpha value is -3.64. The van der Waals surface area contributed by atoms with Gasteiger partial charge in [-0.05, 0) is 84.3 Å². The third-order valence-electron chi connectivity index (χ3n) is 6.65. The molecule has 4 aromatic rings. The summed E-state index contributed by atoms with van der Waals surface area (Å²) in [4.78, 5) is 23.1. The molecule has 3 aromatic carbocycles. The van der Waals surface area contributed by atoms with Crippen molar-refractivity contribution in [1.82, 2.24) is 15.1 Å². The average Bonchev–Trinajstić information content (AvgIpc) is 3.28. The Kier molecular flexibility index (Phi) is 7.98. The van der Waals surface area contributed by atoms with Crippen molar-refractivity contribution in [2.24, 2.45) is 5.92 Å². The molecule has 0 aliphatic carbocycles. The zero-order valence-corrected chi connectivity index (χ0v) is 22.3. The van der Waals surface area contributed by atoms with Crippen LogP contribution in [0.1, 0.15) is 59.8 Å². The first-order chi connectivity index (χ1) is 17.6. The van der Waals surface area contributed by atoms with E-state index < -0.39 is 5.97 Å². The topological polar surface area (TPSA) is 84.2 Å². The lowest BCUT2D eigenvalue weighted by atomic mass is 9.94. The molecule has 4 rings (SSSR count). The predicted molar refractivity (Wildman–Crippen MR) is 148 cm³/mol. The Labute approximate surface area is 222 Å². The van der Waals surface area contributed by atoms with Crippen molar-refractivity contribution in [2.75, 3.05) is 6.54 Å². The predicted octanol–water partition coefficient (Wildman–Crippen LogP) is 6.81. The molecule has 0 radical (unpaired) electrons. The minimum Gasteiger partial charge on any atom is -0.481 e. The number of nitrogens with one attached hydrogen (secondary N) is 1. The van der Waals surface area contributed by atoms with Crippen LogP contribution in [0.2, 0.25) is 5.02 Å². The van der Waals surface area contributed by atoms with Gasteiger partial charge in [0.05, 0.1) is 18.0 Å². The van der Waals surface area contributed by atoms with Crippen molar-refractivity contribution >= 4 is 34.4 Å². The van der Waals surface area contributed by atoms with Gasteiger partial charge < -0.3 is 10.4 Å². The molecule has 1 heterocycles. The molecule has 0 aliphatic rings. The summed E-state index contributed by atoms with van der Waals surface area (Å²) in [6, 6.07) is 17.7.